The summed E-state index contributed by atoms with van der Waals surface area (Å²) in [5.74, 6) is -0.193. The third-order valence-electron chi connectivity index (χ3n) is 5.33. The van der Waals surface area contributed by atoms with Crippen molar-refractivity contribution in [3.63, 3.8) is 0 Å². The second kappa shape index (κ2) is 9.47. The number of rotatable bonds is 8. The van der Waals surface area contributed by atoms with Crippen LogP contribution in [0.4, 0.5) is 0 Å². The second-order valence-electron chi connectivity index (χ2n) is 7.76. The Morgan fingerprint density at radius 3 is 2.44 bits per heavy atom. The fourth-order valence-electron chi connectivity index (χ4n) is 3.60. The number of nitrogens with zero attached hydrogens (tertiary/aromatic N) is 1. The minimum Gasteiger partial charge on any atom is -0.489 e. The van der Waals surface area contributed by atoms with Gasteiger partial charge in [-0.25, -0.2) is 0 Å². The normalized spacial score (nSPS) is 12.6. The third kappa shape index (κ3) is 4.86. The topological polar surface area (TPSA) is 75.7 Å². The number of carbonyl (C=O) groups excluding carboxylic acids is 3. The van der Waals surface area contributed by atoms with Crippen molar-refractivity contribution in [1.29, 1.82) is 0 Å². The molecule has 162 valence electrons. The van der Waals surface area contributed by atoms with E-state index in [0.717, 1.165) is 27.3 Å². The Bertz CT molecular complexity index is 1160. The summed E-state index contributed by atoms with van der Waals surface area (Å²) in [7, 11) is 0. The van der Waals surface area contributed by atoms with E-state index in [1.54, 1.807) is 18.2 Å². The van der Waals surface area contributed by atoms with Gasteiger partial charge in [0.15, 0.2) is 0 Å². The van der Waals surface area contributed by atoms with Gasteiger partial charge in [0.1, 0.15) is 12.4 Å². The van der Waals surface area contributed by atoms with E-state index >= 15 is 0 Å². The molecule has 3 aromatic carbocycles. The molecule has 4 rings (SSSR count). The Kier molecular flexibility index (Phi) is 6.31. The summed E-state index contributed by atoms with van der Waals surface area (Å²) in [6.45, 7) is 2.73. The smallest absolute Gasteiger partial charge is 0.261 e. The van der Waals surface area contributed by atoms with Gasteiger partial charge in [0.05, 0.1) is 11.1 Å². The molecule has 0 saturated carbocycles. The Morgan fingerprint density at radius 1 is 0.875 bits per heavy atom. The number of nitrogens with one attached hydrogen (secondary N) is 1. The lowest BCUT2D eigenvalue weighted by atomic mass is 10.1. The predicted molar refractivity (Wildman–Crippen MR) is 120 cm³/mol. The van der Waals surface area contributed by atoms with E-state index in [1.807, 2.05) is 61.5 Å². The van der Waals surface area contributed by atoms with E-state index < -0.39 is 0 Å². The highest BCUT2D eigenvalue weighted by molar-refractivity contribution is 6.21. The third-order valence-corrected chi connectivity index (χ3v) is 5.33. The molecule has 0 fully saturated rings. The maximum atomic E-state index is 12.5. The Morgan fingerprint density at radius 2 is 1.62 bits per heavy atom. The van der Waals surface area contributed by atoms with Crippen LogP contribution in [0.1, 0.15) is 43.8 Å². The van der Waals surface area contributed by atoms with E-state index in [4.69, 9.17) is 4.74 Å². The summed E-state index contributed by atoms with van der Waals surface area (Å²) < 4.78 is 5.82. The van der Waals surface area contributed by atoms with Gasteiger partial charge in [-0.3, -0.25) is 19.3 Å². The summed E-state index contributed by atoms with van der Waals surface area (Å²) in [4.78, 5) is 38.4. The molecule has 0 atom stereocenters. The highest BCUT2D eigenvalue weighted by Crippen LogP contribution is 2.24. The molecule has 0 saturated heterocycles. The van der Waals surface area contributed by atoms with Crippen molar-refractivity contribution >= 4 is 17.7 Å². The molecular formula is C26H24N2O4. The summed E-state index contributed by atoms with van der Waals surface area (Å²) in [6, 6.07) is 22.6. The number of aryl methyl sites for hydroxylation is 1. The fraction of sp³-hybridized carbons (Fsp3) is 0.192. The van der Waals surface area contributed by atoms with Gasteiger partial charge in [-0.05, 0) is 42.3 Å². The molecule has 3 aromatic rings. The van der Waals surface area contributed by atoms with E-state index in [9.17, 15) is 14.4 Å². The zero-order chi connectivity index (χ0) is 22.5. The van der Waals surface area contributed by atoms with Crippen molar-refractivity contribution in [3.05, 3.63) is 101 Å². The van der Waals surface area contributed by atoms with Gasteiger partial charge in [0.2, 0.25) is 5.91 Å². The van der Waals surface area contributed by atoms with Gasteiger partial charge in [0, 0.05) is 19.5 Å². The summed E-state index contributed by atoms with van der Waals surface area (Å²) in [5.41, 5.74) is 3.70. The molecule has 3 amide bonds. The van der Waals surface area contributed by atoms with Crippen LogP contribution in [0, 0.1) is 6.92 Å². The van der Waals surface area contributed by atoms with Gasteiger partial charge < -0.3 is 10.1 Å². The fourth-order valence-corrected chi connectivity index (χ4v) is 3.60. The Hall–Kier alpha value is -3.93. The standard InChI is InChI=1S/C26H24N2O4/c1-18-10-11-22-23(14-18)26(31)28(25(22)30)13-12-24(29)27-16-20-8-5-9-21(15-20)32-17-19-6-3-2-4-7-19/h2-11,14-15H,12-13,16-17H2,1H3,(H,27,29). The summed E-state index contributed by atoms with van der Waals surface area (Å²) in [6.07, 6.45) is 0.0502. The van der Waals surface area contributed by atoms with E-state index in [-0.39, 0.29) is 30.7 Å². The zero-order valence-corrected chi connectivity index (χ0v) is 17.8. The second-order valence-corrected chi connectivity index (χ2v) is 7.76. The van der Waals surface area contributed by atoms with Gasteiger partial charge >= 0.3 is 0 Å². The number of amides is 3. The van der Waals surface area contributed by atoms with Gasteiger partial charge in [-0.15, -0.1) is 0 Å². The Balaban J connectivity index is 1.27. The van der Waals surface area contributed by atoms with Crippen LogP contribution in [0.25, 0.3) is 0 Å². The van der Waals surface area contributed by atoms with Crippen LogP contribution in [-0.2, 0) is 17.9 Å². The highest BCUT2D eigenvalue weighted by atomic mass is 16.5. The average molecular weight is 428 g/mol. The monoisotopic (exact) mass is 428 g/mol. The molecule has 0 aromatic heterocycles. The molecular weight excluding hydrogens is 404 g/mol. The summed E-state index contributed by atoms with van der Waals surface area (Å²) >= 11 is 0. The SMILES string of the molecule is Cc1ccc2c(c1)C(=O)N(CCC(=O)NCc1cccc(OCc3ccccc3)c1)C2=O. The van der Waals surface area contributed by atoms with Gasteiger partial charge in [-0.1, -0.05) is 54.1 Å². The van der Waals surface area contributed by atoms with Crippen LogP contribution in [0.5, 0.6) is 5.75 Å². The quantitative estimate of drug-likeness (QED) is 0.553. The van der Waals surface area contributed by atoms with E-state index in [0.29, 0.717) is 24.3 Å². The summed E-state index contributed by atoms with van der Waals surface area (Å²) in [5, 5.41) is 2.84. The molecule has 1 heterocycles. The Labute approximate surface area is 186 Å². The molecule has 1 aliphatic rings. The zero-order valence-electron chi connectivity index (χ0n) is 17.8. The molecule has 32 heavy (non-hydrogen) atoms. The lowest BCUT2D eigenvalue weighted by molar-refractivity contribution is -0.121. The van der Waals surface area contributed by atoms with Crippen molar-refractivity contribution in [2.24, 2.45) is 0 Å². The molecule has 0 bridgehead atoms. The molecule has 6 nitrogen and oxygen atoms in total. The first-order valence-electron chi connectivity index (χ1n) is 10.5. The predicted octanol–water partition coefficient (Wildman–Crippen LogP) is 3.88. The number of fused-ring (bicyclic) bond motifs is 1. The lowest BCUT2D eigenvalue weighted by Gasteiger charge is -2.14. The van der Waals surface area contributed by atoms with Crippen molar-refractivity contribution in [2.75, 3.05) is 6.54 Å². The first kappa shape index (κ1) is 21.3. The number of ether oxygens (including phenoxy) is 1. The first-order valence-corrected chi connectivity index (χ1v) is 10.5. The van der Waals surface area contributed by atoms with Crippen molar-refractivity contribution in [2.45, 2.75) is 26.5 Å². The number of hydrogen-bond donors (Lipinski definition) is 1. The molecule has 0 aliphatic carbocycles. The number of benzene rings is 3. The van der Waals surface area contributed by atoms with E-state index in [1.165, 1.54) is 0 Å². The lowest BCUT2D eigenvalue weighted by Crippen LogP contribution is -2.34. The minimum atomic E-state index is -0.346. The van der Waals surface area contributed by atoms with Crippen LogP contribution in [0.15, 0.2) is 72.8 Å². The first-order chi connectivity index (χ1) is 15.5. The van der Waals surface area contributed by atoms with Crippen molar-refractivity contribution in [1.82, 2.24) is 10.2 Å². The van der Waals surface area contributed by atoms with Crippen molar-refractivity contribution in [3.8, 4) is 5.75 Å². The highest BCUT2D eigenvalue weighted by Gasteiger charge is 2.35. The van der Waals surface area contributed by atoms with E-state index in [2.05, 4.69) is 5.32 Å². The minimum absolute atomic E-state index is 0.0502. The molecule has 0 unspecified atom stereocenters. The number of carbonyl (C=O) groups is 3. The number of hydrogen-bond acceptors (Lipinski definition) is 4. The van der Waals surface area contributed by atoms with Crippen LogP contribution >= 0.6 is 0 Å². The van der Waals surface area contributed by atoms with Crippen LogP contribution in [0.3, 0.4) is 0 Å². The van der Waals surface area contributed by atoms with Gasteiger partial charge in [-0.2, -0.15) is 0 Å². The van der Waals surface area contributed by atoms with Crippen LogP contribution in [-0.4, -0.2) is 29.2 Å². The molecule has 1 aliphatic heterocycles. The molecule has 0 radical (unpaired) electrons. The molecule has 0 spiro atoms. The van der Waals surface area contributed by atoms with Crippen molar-refractivity contribution < 1.29 is 19.1 Å². The number of imide groups is 1. The average Bonchev–Trinajstić information content (AvgIpc) is 3.04. The van der Waals surface area contributed by atoms with Gasteiger partial charge in [0.25, 0.3) is 11.8 Å². The van der Waals surface area contributed by atoms with Crippen LogP contribution in [0.2, 0.25) is 0 Å². The largest absolute Gasteiger partial charge is 0.489 e. The van der Waals surface area contributed by atoms with Crippen LogP contribution < -0.4 is 10.1 Å². The maximum absolute atomic E-state index is 12.5. The maximum Gasteiger partial charge on any atom is 0.261 e. The molecule has 1 N–H and O–H groups in total. The molecule has 6 heteroatoms.